The number of hydrogen-bond donors (Lipinski definition) is 0. The summed E-state index contributed by atoms with van der Waals surface area (Å²) < 4.78 is 5.44. The Balaban J connectivity index is 2.52. The SMILES string of the molecule is CC(=O)c1ccc2c(c1)N(CC#N)C(=O)C(C)O2. The second kappa shape index (κ2) is 4.49. The van der Waals surface area contributed by atoms with Gasteiger partial charge in [-0.1, -0.05) is 0 Å². The molecule has 1 amide bonds. The molecule has 1 aliphatic rings. The van der Waals surface area contributed by atoms with E-state index in [0.717, 1.165) is 0 Å². The van der Waals surface area contributed by atoms with Gasteiger partial charge in [0.15, 0.2) is 11.9 Å². The molecule has 2 rings (SSSR count). The van der Waals surface area contributed by atoms with Gasteiger partial charge in [-0.25, -0.2) is 0 Å². The molecular formula is C13H12N2O3. The molecular weight excluding hydrogens is 232 g/mol. The van der Waals surface area contributed by atoms with Crippen LogP contribution in [0.1, 0.15) is 24.2 Å². The minimum absolute atomic E-state index is 0.0547. The summed E-state index contributed by atoms with van der Waals surface area (Å²) in [7, 11) is 0. The van der Waals surface area contributed by atoms with Gasteiger partial charge in [0, 0.05) is 5.56 Å². The summed E-state index contributed by atoms with van der Waals surface area (Å²) in [5.74, 6) is 0.146. The smallest absolute Gasteiger partial charge is 0.268 e. The monoisotopic (exact) mass is 244 g/mol. The first kappa shape index (κ1) is 12.1. The van der Waals surface area contributed by atoms with Gasteiger partial charge in [-0.05, 0) is 32.0 Å². The van der Waals surface area contributed by atoms with E-state index in [0.29, 0.717) is 17.0 Å². The fourth-order valence-electron chi connectivity index (χ4n) is 1.86. The van der Waals surface area contributed by atoms with Crippen LogP contribution in [0.3, 0.4) is 0 Å². The summed E-state index contributed by atoms with van der Waals surface area (Å²) in [6.07, 6.45) is -0.617. The van der Waals surface area contributed by atoms with Crippen LogP contribution in [0.15, 0.2) is 18.2 Å². The van der Waals surface area contributed by atoms with Crippen molar-refractivity contribution in [3.8, 4) is 11.8 Å². The van der Waals surface area contributed by atoms with E-state index in [2.05, 4.69) is 0 Å². The maximum atomic E-state index is 11.9. The van der Waals surface area contributed by atoms with Gasteiger partial charge in [-0.2, -0.15) is 5.26 Å². The number of nitrogens with zero attached hydrogens (tertiary/aromatic N) is 2. The van der Waals surface area contributed by atoms with Gasteiger partial charge < -0.3 is 4.74 Å². The first-order valence-corrected chi connectivity index (χ1v) is 5.54. The lowest BCUT2D eigenvalue weighted by Gasteiger charge is -2.31. The highest BCUT2D eigenvalue weighted by Gasteiger charge is 2.31. The van der Waals surface area contributed by atoms with Crippen LogP contribution < -0.4 is 9.64 Å². The number of rotatable bonds is 2. The molecule has 1 heterocycles. The van der Waals surface area contributed by atoms with E-state index in [1.807, 2.05) is 6.07 Å². The molecule has 0 radical (unpaired) electrons. The molecule has 0 aliphatic carbocycles. The molecule has 1 atom stereocenters. The third-order valence-electron chi connectivity index (χ3n) is 2.80. The molecule has 1 aromatic carbocycles. The number of nitriles is 1. The highest BCUT2D eigenvalue weighted by molar-refractivity contribution is 6.02. The molecule has 0 N–H and O–H groups in total. The molecule has 0 bridgehead atoms. The van der Waals surface area contributed by atoms with Crippen molar-refractivity contribution in [3.63, 3.8) is 0 Å². The molecule has 1 aromatic rings. The van der Waals surface area contributed by atoms with Gasteiger partial charge in [0.25, 0.3) is 5.91 Å². The largest absolute Gasteiger partial charge is 0.479 e. The standard InChI is InChI=1S/C13H12N2O3/c1-8(16)10-3-4-12-11(7-10)15(6-5-14)13(17)9(2)18-12/h3-4,7,9H,6H2,1-2H3. The number of fused-ring (bicyclic) bond motifs is 1. The lowest BCUT2D eigenvalue weighted by Crippen LogP contribution is -2.44. The van der Waals surface area contributed by atoms with Crippen molar-refractivity contribution >= 4 is 17.4 Å². The predicted molar refractivity (Wildman–Crippen MR) is 64.5 cm³/mol. The van der Waals surface area contributed by atoms with Crippen LogP contribution >= 0.6 is 0 Å². The molecule has 0 saturated heterocycles. The van der Waals surface area contributed by atoms with Crippen LogP contribution in [-0.2, 0) is 4.79 Å². The molecule has 5 heteroatoms. The van der Waals surface area contributed by atoms with Crippen molar-refractivity contribution in [2.45, 2.75) is 20.0 Å². The highest BCUT2D eigenvalue weighted by atomic mass is 16.5. The van der Waals surface area contributed by atoms with Crippen LogP contribution in [0.5, 0.6) is 5.75 Å². The van der Waals surface area contributed by atoms with E-state index < -0.39 is 6.10 Å². The number of amides is 1. The van der Waals surface area contributed by atoms with Crippen molar-refractivity contribution in [2.75, 3.05) is 11.4 Å². The zero-order valence-electron chi connectivity index (χ0n) is 10.1. The van der Waals surface area contributed by atoms with E-state index in [4.69, 9.17) is 10.00 Å². The summed E-state index contributed by atoms with van der Waals surface area (Å²) in [6, 6.07) is 6.82. The van der Waals surface area contributed by atoms with E-state index >= 15 is 0 Å². The Morgan fingerprint density at radius 2 is 2.28 bits per heavy atom. The van der Waals surface area contributed by atoms with Gasteiger partial charge in [-0.3, -0.25) is 14.5 Å². The number of benzene rings is 1. The number of anilines is 1. The predicted octanol–water partition coefficient (Wildman–Crippen LogP) is 1.53. The summed E-state index contributed by atoms with van der Waals surface area (Å²) in [6.45, 7) is 3.03. The van der Waals surface area contributed by atoms with Crippen molar-refractivity contribution < 1.29 is 14.3 Å². The Morgan fingerprint density at radius 3 is 2.89 bits per heavy atom. The molecule has 0 saturated carbocycles. The van der Waals surface area contributed by atoms with E-state index in [9.17, 15) is 9.59 Å². The maximum Gasteiger partial charge on any atom is 0.268 e. The topological polar surface area (TPSA) is 70.4 Å². The minimum Gasteiger partial charge on any atom is -0.479 e. The molecule has 0 aromatic heterocycles. The van der Waals surface area contributed by atoms with Crippen LogP contribution in [0.2, 0.25) is 0 Å². The summed E-state index contributed by atoms with van der Waals surface area (Å²) in [5.41, 5.74) is 0.968. The summed E-state index contributed by atoms with van der Waals surface area (Å²) >= 11 is 0. The first-order chi connectivity index (χ1) is 8.54. The van der Waals surface area contributed by atoms with E-state index in [-0.39, 0.29) is 18.2 Å². The second-order valence-corrected chi connectivity index (χ2v) is 4.08. The average molecular weight is 244 g/mol. The molecule has 5 nitrogen and oxygen atoms in total. The van der Waals surface area contributed by atoms with E-state index in [1.165, 1.54) is 11.8 Å². The number of hydrogen-bond acceptors (Lipinski definition) is 4. The van der Waals surface area contributed by atoms with E-state index in [1.54, 1.807) is 25.1 Å². The maximum absolute atomic E-state index is 11.9. The third kappa shape index (κ3) is 1.93. The zero-order chi connectivity index (χ0) is 13.3. The van der Waals surface area contributed by atoms with Crippen molar-refractivity contribution in [2.24, 2.45) is 0 Å². The number of ketones is 1. The molecule has 1 unspecified atom stereocenters. The highest BCUT2D eigenvalue weighted by Crippen LogP contribution is 2.34. The molecule has 92 valence electrons. The van der Waals surface area contributed by atoms with Crippen LogP contribution in [0.4, 0.5) is 5.69 Å². The normalized spacial score (nSPS) is 17.7. The molecule has 0 spiro atoms. The van der Waals surface area contributed by atoms with Crippen molar-refractivity contribution in [1.82, 2.24) is 0 Å². The quantitative estimate of drug-likeness (QED) is 0.584. The first-order valence-electron chi connectivity index (χ1n) is 5.54. The van der Waals surface area contributed by atoms with Crippen LogP contribution in [0.25, 0.3) is 0 Å². The Hall–Kier alpha value is -2.35. The number of carbonyl (C=O) groups excluding carboxylic acids is 2. The fraction of sp³-hybridized carbons (Fsp3) is 0.308. The Bertz CT molecular complexity index is 560. The number of carbonyl (C=O) groups is 2. The van der Waals surface area contributed by atoms with Crippen molar-refractivity contribution in [1.29, 1.82) is 5.26 Å². The molecule has 18 heavy (non-hydrogen) atoms. The Labute approximate surface area is 105 Å². The van der Waals surface area contributed by atoms with Crippen molar-refractivity contribution in [3.05, 3.63) is 23.8 Å². The Kier molecular flexibility index (Phi) is 3.02. The minimum atomic E-state index is -0.617. The van der Waals surface area contributed by atoms with Gasteiger partial charge in [0.2, 0.25) is 0 Å². The van der Waals surface area contributed by atoms with Gasteiger partial charge in [-0.15, -0.1) is 0 Å². The molecule has 0 fully saturated rings. The van der Waals surface area contributed by atoms with Crippen LogP contribution in [0, 0.1) is 11.3 Å². The summed E-state index contributed by atoms with van der Waals surface area (Å²) in [4.78, 5) is 24.6. The lowest BCUT2D eigenvalue weighted by molar-refractivity contribution is -0.125. The number of ether oxygens (including phenoxy) is 1. The fourth-order valence-corrected chi connectivity index (χ4v) is 1.86. The lowest BCUT2D eigenvalue weighted by atomic mass is 10.1. The Morgan fingerprint density at radius 1 is 1.56 bits per heavy atom. The average Bonchev–Trinajstić information content (AvgIpc) is 2.34. The summed E-state index contributed by atoms with van der Waals surface area (Å²) in [5, 5.41) is 8.77. The molecule has 1 aliphatic heterocycles. The van der Waals surface area contributed by atoms with Gasteiger partial charge >= 0.3 is 0 Å². The zero-order valence-corrected chi connectivity index (χ0v) is 10.1. The second-order valence-electron chi connectivity index (χ2n) is 4.08. The van der Waals surface area contributed by atoms with Gasteiger partial charge in [0.05, 0.1) is 11.8 Å². The van der Waals surface area contributed by atoms with Gasteiger partial charge in [0.1, 0.15) is 12.3 Å². The van der Waals surface area contributed by atoms with Crippen LogP contribution in [-0.4, -0.2) is 24.3 Å². The number of Topliss-reactive ketones (excluding diaryl/α,β-unsaturated/α-hetero) is 1. The third-order valence-corrected chi connectivity index (χ3v) is 2.80.